The fourth-order valence-corrected chi connectivity index (χ4v) is 1.94. The van der Waals surface area contributed by atoms with Crippen LogP contribution in [0, 0.1) is 0 Å². The molecule has 2 rings (SSSR count). The summed E-state index contributed by atoms with van der Waals surface area (Å²) in [6, 6.07) is 9.01. The van der Waals surface area contributed by atoms with E-state index in [0.29, 0.717) is 0 Å². The largest absolute Gasteiger partial charge is 0.479 e. The highest BCUT2D eigenvalue weighted by atomic mass is 16.7. The number of carbonyl (C=O) groups is 1. The van der Waals surface area contributed by atoms with E-state index in [-0.39, 0.29) is 6.61 Å². The van der Waals surface area contributed by atoms with Gasteiger partial charge < -0.3 is 29.9 Å². The third-order valence-electron chi connectivity index (χ3n) is 3.07. The second kappa shape index (κ2) is 6.29. The van der Waals surface area contributed by atoms with Gasteiger partial charge in [0.15, 0.2) is 12.4 Å². The Morgan fingerprint density at radius 1 is 1.10 bits per heavy atom. The number of benzene rings is 1. The minimum Gasteiger partial charge on any atom is -0.479 e. The van der Waals surface area contributed by atoms with E-state index >= 15 is 0 Å². The SMILES string of the molecule is O=C(O)[C@H]1OC(OCc2ccccc2)[C@H](O)[C@@H](O)[C@@H]1O. The maximum absolute atomic E-state index is 10.9. The van der Waals surface area contributed by atoms with E-state index in [2.05, 4.69) is 0 Å². The quantitative estimate of drug-likeness (QED) is 0.566. The number of hydrogen-bond acceptors (Lipinski definition) is 6. The normalized spacial score (nSPS) is 33.9. The molecule has 0 bridgehead atoms. The van der Waals surface area contributed by atoms with E-state index in [0.717, 1.165) is 5.56 Å². The van der Waals surface area contributed by atoms with Crippen LogP contribution in [0.25, 0.3) is 0 Å². The molecule has 1 aromatic rings. The summed E-state index contributed by atoms with van der Waals surface area (Å²) in [6.07, 6.45) is -7.85. The van der Waals surface area contributed by atoms with Crippen molar-refractivity contribution in [3.05, 3.63) is 35.9 Å². The van der Waals surface area contributed by atoms with Gasteiger partial charge in [0, 0.05) is 0 Å². The van der Waals surface area contributed by atoms with Gasteiger partial charge in [-0.2, -0.15) is 0 Å². The van der Waals surface area contributed by atoms with Gasteiger partial charge in [-0.15, -0.1) is 0 Å². The molecule has 0 aromatic heterocycles. The van der Waals surface area contributed by atoms with Crippen LogP contribution < -0.4 is 0 Å². The molecule has 1 fully saturated rings. The number of ether oxygens (including phenoxy) is 2. The van der Waals surface area contributed by atoms with Gasteiger partial charge >= 0.3 is 5.97 Å². The molecule has 5 atom stereocenters. The lowest BCUT2D eigenvalue weighted by Gasteiger charge is -2.38. The maximum Gasteiger partial charge on any atom is 0.335 e. The molecule has 0 saturated carbocycles. The Kier molecular flexibility index (Phi) is 4.69. The molecule has 0 amide bonds. The molecule has 7 heteroatoms. The molecule has 0 radical (unpaired) electrons. The van der Waals surface area contributed by atoms with Crippen LogP contribution in [0.3, 0.4) is 0 Å². The Labute approximate surface area is 115 Å². The van der Waals surface area contributed by atoms with Gasteiger partial charge in [-0.05, 0) is 5.56 Å². The minimum absolute atomic E-state index is 0.0811. The molecule has 1 saturated heterocycles. The molecule has 1 aliphatic rings. The Hall–Kier alpha value is -1.51. The highest BCUT2D eigenvalue weighted by Gasteiger charge is 2.47. The molecule has 4 N–H and O–H groups in total. The highest BCUT2D eigenvalue weighted by Crippen LogP contribution is 2.23. The van der Waals surface area contributed by atoms with Crippen LogP contribution in [0.2, 0.25) is 0 Å². The van der Waals surface area contributed by atoms with Gasteiger partial charge in [-0.25, -0.2) is 4.79 Å². The van der Waals surface area contributed by atoms with Crippen molar-refractivity contribution in [3.63, 3.8) is 0 Å². The second-order valence-electron chi connectivity index (χ2n) is 4.53. The minimum atomic E-state index is -1.71. The van der Waals surface area contributed by atoms with Crippen LogP contribution in [0.15, 0.2) is 30.3 Å². The molecule has 0 spiro atoms. The summed E-state index contributed by atoms with van der Waals surface area (Å²) in [6.45, 7) is 0.0811. The smallest absolute Gasteiger partial charge is 0.335 e. The van der Waals surface area contributed by atoms with Crippen LogP contribution in [0.1, 0.15) is 5.56 Å². The van der Waals surface area contributed by atoms with E-state index in [1.165, 1.54) is 0 Å². The lowest BCUT2D eigenvalue weighted by molar-refractivity contribution is -0.297. The summed E-state index contributed by atoms with van der Waals surface area (Å²) in [5.74, 6) is -1.43. The average molecular weight is 284 g/mol. The number of hydrogen-bond donors (Lipinski definition) is 4. The number of rotatable bonds is 4. The Morgan fingerprint density at radius 3 is 2.35 bits per heavy atom. The first-order valence-electron chi connectivity index (χ1n) is 6.08. The van der Waals surface area contributed by atoms with Gasteiger partial charge in [0.2, 0.25) is 0 Å². The van der Waals surface area contributed by atoms with Crippen molar-refractivity contribution in [2.75, 3.05) is 0 Å². The first kappa shape index (κ1) is 14.9. The van der Waals surface area contributed by atoms with Crippen molar-refractivity contribution in [3.8, 4) is 0 Å². The van der Waals surface area contributed by atoms with Gasteiger partial charge in [-0.1, -0.05) is 30.3 Å². The van der Waals surface area contributed by atoms with Crippen LogP contribution >= 0.6 is 0 Å². The fraction of sp³-hybridized carbons (Fsp3) is 0.462. The van der Waals surface area contributed by atoms with E-state index in [1.54, 1.807) is 24.3 Å². The molecule has 0 aliphatic carbocycles. The van der Waals surface area contributed by atoms with Gasteiger partial charge in [0.1, 0.15) is 18.3 Å². The zero-order valence-electron chi connectivity index (χ0n) is 10.5. The summed E-state index contributed by atoms with van der Waals surface area (Å²) >= 11 is 0. The Morgan fingerprint density at radius 2 is 1.75 bits per heavy atom. The van der Waals surface area contributed by atoms with Crippen molar-refractivity contribution in [2.45, 2.75) is 37.3 Å². The molecule has 1 aliphatic heterocycles. The van der Waals surface area contributed by atoms with Crippen molar-refractivity contribution >= 4 is 5.97 Å². The zero-order chi connectivity index (χ0) is 14.7. The van der Waals surface area contributed by atoms with E-state index in [1.807, 2.05) is 6.07 Å². The predicted octanol–water partition coefficient (Wildman–Crippen LogP) is -0.905. The van der Waals surface area contributed by atoms with Crippen molar-refractivity contribution in [1.82, 2.24) is 0 Å². The van der Waals surface area contributed by atoms with Crippen LogP contribution in [-0.2, 0) is 20.9 Å². The molecule has 1 unspecified atom stereocenters. The molecule has 1 heterocycles. The van der Waals surface area contributed by atoms with Crippen molar-refractivity contribution in [1.29, 1.82) is 0 Å². The van der Waals surface area contributed by atoms with Crippen LogP contribution in [0.5, 0.6) is 0 Å². The third kappa shape index (κ3) is 3.14. The van der Waals surface area contributed by atoms with E-state index in [4.69, 9.17) is 14.6 Å². The molecule has 20 heavy (non-hydrogen) atoms. The lowest BCUT2D eigenvalue weighted by Crippen LogP contribution is -2.60. The number of carboxylic acid groups (broad SMARTS) is 1. The van der Waals surface area contributed by atoms with Crippen LogP contribution in [-0.4, -0.2) is 57.1 Å². The summed E-state index contributed by atoms with van der Waals surface area (Å²) in [5, 5.41) is 37.7. The fourth-order valence-electron chi connectivity index (χ4n) is 1.94. The second-order valence-corrected chi connectivity index (χ2v) is 4.53. The Balaban J connectivity index is 2.01. The first-order valence-corrected chi connectivity index (χ1v) is 6.08. The number of carboxylic acids is 1. The summed E-state index contributed by atoms with van der Waals surface area (Å²) in [5.41, 5.74) is 0.802. The first-order chi connectivity index (χ1) is 9.50. The molecule has 7 nitrogen and oxygen atoms in total. The Bertz CT molecular complexity index is 449. The van der Waals surface area contributed by atoms with E-state index in [9.17, 15) is 20.1 Å². The molecule has 1 aromatic carbocycles. The number of aliphatic hydroxyl groups excluding tert-OH is 3. The molecular formula is C13H16O7. The molecular weight excluding hydrogens is 268 g/mol. The van der Waals surface area contributed by atoms with Crippen molar-refractivity contribution < 1.29 is 34.7 Å². The summed E-state index contributed by atoms with van der Waals surface area (Å²) < 4.78 is 10.3. The summed E-state index contributed by atoms with van der Waals surface area (Å²) in [4.78, 5) is 10.9. The monoisotopic (exact) mass is 284 g/mol. The third-order valence-corrected chi connectivity index (χ3v) is 3.07. The van der Waals surface area contributed by atoms with Crippen molar-refractivity contribution in [2.24, 2.45) is 0 Å². The number of aliphatic carboxylic acids is 1. The topological polar surface area (TPSA) is 116 Å². The lowest BCUT2D eigenvalue weighted by atomic mass is 9.99. The highest BCUT2D eigenvalue weighted by molar-refractivity contribution is 5.73. The zero-order valence-corrected chi connectivity index (χ0v) is 10.5. The summed E-state index contributed by atoms with van der Waals surface area (Å²) in [7, 11) is 0. The maximum atomic E-state index is 10.9. The van der Waals surface area contributed by atoms with Gasteiger partial charge in [-0.3, -0.25) is 0 Å². The van der Waals surface area contributed by atoms with Gasteiger partial charge in [0.05, 0.1) is 6.61 Å². The average Bonchev–Trinajstić information content (AvgIpc) is 2.45. The standard InChI is InChI=1S/C13H16O7/c14-8-9(15)11(12(17)18)20-13(10(8)16)19-6-7-4-2-1-3-5-7/h1-5,8-11,13-16H,6H2,(H,17,18)/t8-,9-,10+,11-,13?/m0/s1. The van der Waals surface area contributed by atoms with Gasteiger partial charge in [0.25, 0.3) is 0 Å². The molecule has 110 valence electrons. The predicted molar refractivity (Wildman–Crippen MR) is 65.5 cm³/mol. The van der Waals surface area contributed by atoms with E-state index < -0.39 is 36.7 Å². The number of aliphatic hydroxyl groups is 3. The van der Waals surface area contributed by atoms with Crippen LogP contribution in [0.4, 0.5) is 0 Å².